The molecule has 2 unspecified atom stereocenters. The largest absolute Gasteiger partial charge is 0.440 e. The van der Waals surface area contributed by atoms with Crippen LogP contribution in [0.1, 0.15) is 52.3 Å². The van der Waals surface area contributed by atoms with E-state index in [0.717, 1.165) is 42.5 Å². The number of fused-ring (bicyclic) bond motifs is 1. The van der Waals surface area contributed by atoms with Crippen LogP contribution in [-0.4, -0.2) is 16.9 Å². The van der Waals surface area contributed by atoms with Gasteiger partial charge in [0, 0.05) is 23.1 Å². The van der Waals surface area contributed by atoms with Crippen LogP contribution in [0.5, 0.6) is 0 Å². The van der Waals surface area contributed by atoms with Crippen LogP contribution in [0.3, 0.4) is 0 Å². The molecule has 2 aromatic rings. The van der Waals surface area contributed by atoms with Gasteiger partial charge >= 0.3 is 0 Å². The maximum Gasteiger partial charge on any atom is 0.227 e. The van der Waals surface area contributed by atoms with E-state index in [4.69, 9.17) is 10.2 Å². The molecule has 1 heterocycles. The number of amides is 1. The topological polar surface area (TPSA) is 81.2 Å². The molecule has 0 aliphatic heterocycles. The van der Waals surface area contributed by atoms with E-state index in [2.05, 4.69) is 31.1 Å². The Morgan fingerprint density at radius 2 is 2.08 bits per heavy atom. The third kappa shape index (κ3) is 4.08. The molecule has 24 heavy (non-hydrogen) atoms. The Bertz CT molecular complexity index is 721. The fourth-order valence-electron chi connectivity index (χ4n) is 3.04. The van der Waals surface area contributed by atoms with Crippen LogP contribution in [0.25, 0.3) is 11.1 Å². The van der Waals surface area contributed by atoms with Gasteiger partial charge in [0.05, 0.1) is 0 Å². The normalized spacial score (nSPS) is 21.3. The monoisotopic (exact) mass is 351 g/mol. The Kier molecular flexibility index (Phi) is 5.56. The zero-order chi connectivity index (χ0) is 16.6. The lowest BCUT2D eigenvalue weighted by Gasteiger charge is -2.25. The molecule has 3 N–H and O–H groups in total. The van der Waals surface area contributed by atoms with Crippen molar-refractivity contribution in [3.63, 3.8) is 0 Å². The maximum atomic E-state index is 12.4. The molecule has 1 aliphatic carbocycles. The van der Waals surface area contributed by atoms with Crippen molar-refractivity contribution in [3.8, 4) is 0 Å². The highest BCUT2D eigenvalue weighted by molar-refractivity contribution is 5.94. The van der Waals surface area contributed by atoms with Gasteiger partial charge in [-0.3, -0.25) is 4.79 Å². The van der Waals surface area contributed by atoms with E-state index < -0.39 is 0 Å². The quantitative estimate of drug-likeness (QED) is 0.856. The summed E-state index contributed by atoms with van der Waals surface area (Å²) in [6.45, 7) is 6.19. The van der Waals surface area contributed by atoms with E-state index >= 15 is 0 Å². The number of nitrogens with zero attached hydrogens (tertiary/aromatic N) is 1. The zero-order valence-electron chi connectivity index (χ0n) is 14.5. The van der Waals surface area contributed by atoms with Crippen LogP contribution in [-0.2, 0) is 10.2 Å². The van der Waals surface area contributed by atoms with E-state index in [1.54, 1.807) is 0 Å². The summed E-state index contributed by atoms with van der Waals surface area (Å²) in [4.78, 5) is 16.9. The minimum absolute atomic E-state index is 0. The van der Waals surface area contributed by atoms with E-state index in [1.165, 1.54) is 0 Å². The molecule has 1 fully saturated rings. The van der Waals surface area contributed by atoms with Gasteiger partial charge in [-0.25, -0.2) is 4.98 Å². The summed E-state index contributed by atoms with van der Waals surface area (Å²) in [7, 11) is 0. The fraction of sp³-hybridized carbons (Fsp3) is 0.556. The van der Waals surface area contributed by atoms with Crippen LogP contribution < -0.4 is 11.1 Å². The number of hydrogen-bond acceptors (Lipinski definition) is 4. The lowest BCUT2D eigenvalue weighted by molar-refractivity contribution is -0.120. The number of hydrogen-bond donors (Lipinski definition) is 2. The number of carbonyl (C=O) groups excluding carboxylic acids is 1. The molecule has 1 aromatic carbocycles. The molecule has 0 spiro atoms. The number of nitrogens with two attached hydrogens (primary N) is 1. The summed E-state index contributed by atoms with van der Waals surface area (Å²) >= 11 is 0. The van der Waals surface area contributed by atoms with E-state index in [0.29, 0.717) is 5.89 Å². The van der Waals surface area contributed by atoms with Crippen molar-refractivity contribution in [2.45, 2.75) is 57.9 Å². The lowest BCUT2D eigenvalue weighted by Crippen LogP contribution is -2.34. The van der Waals surface area contributed by atoms with Crippen LogP contribution in [0.15, 0.2) is 22.6 Å². The minimum atomic E-state index is -0.138. The van der Waals surface area contributed by atoms with Crippen LogP contribution in [0, 0.1) is 5.92 Å². The smallest absolute Gasteiger partial charge is 0.227 e. The number of benzene rings is 1. The third-order valence-corrected chi connectivity index (χ3v) is 4.38. The Hall–Kier alpha value is -1.59. The van der Waals surface area contributed by atoms with Gasteiger partial charge in [-0.2, -0.15) is 0 Å². The average Bonchev–Trinajstić information content (AvgIpc) is 2.90. The second-order valence-corrected chi connectivity index (χ2v) is 7.56. The summed E-state index contributed by atoms with van der Waals surface area (Å²) in [6.07, 6.45) is 3.73. The number of aromatic nitrogens is 1. The van der Waals surface area contributed by atoms with Crippen molar-refractivity contribution in [3.05, 3.63) is 24.1 Å². The van der Waals surface area contributed by atoms with Crippen molar-refractivity contribution in [2.75, 3.05) is 5.32 Å². The summed E-state index contributed by atoms with van der Waals surface area (Å²) in [6, 6.07) is 5.74. The minimum Gasteiger partial charge on any atom is -0.440 e. The Morgan fingerprint density at radius 3 is 2.75 bits per heavy atom. The van der Waals surface area contributed by atoms with Gasteiger partial charge in [-0.05, 0) is 37.5 Å². The van der Waals surface area contributed by atoms with Gasteiger partial charge in [0.2, 0.25) is 11.8 Å². The Morgan fingerprint density at radius 1 is 1.33 bits per heavy atom. The first kappa shape index (κ1) is 18.7. The van der Waals surface area contributed by atoms with Crippen LogP contribution in [0.4, 0.5) is 5.69 Å². The Balaban J connectivity index is 0.00000208. The molecule has 0 bridgehead atoms. The van der Waals surface area contributed by atoms with Gasteiger partial charge in [0.1, 0.15) is 5.52 Å². The Labute approximate surface area is 148 Å². The predicted octanol–water partition coefficient (Wildman–Crippen LogP) is 4.00. The molecule has 1 aliphatic rings. The molecule has 2 atom stereocenters. The summed E-state index contributed by atoms with van der Waals surface area (Å²) in [5.74, 6) is 0.769. The van der Waals surface area contributed by atoms with Crippen LogP contribution in [0.2, 0.25) is 0 Å². The zero-order valence-corrected chi connectivity index (χ0v) is 15.3. The molecule has 132 valence electrons. The molecule has 0 saturated heterocycles. The summed E-state index contributed by atoms with van der Waals surface area (Å²) < 4.78 is 5.78. The molecular formula is C18H26ClN3O2. The standard InChI is InChI=1S/C18H25N3O2.ClH/c1-18(2,3)17-21-14-10-13(7-8-15(14)23-17)20-16(22)11-5-4-6-12(19)9-11;/h7-8,10-12H,4-6,9,19H2,1-3H3,(H,20,22);1H. The lowest BCUT2D eigenvalue weighted by atomic mass is 9.85. The van der Waals surface area contributed by atoms with Crippen molar-refractivity contribution >= 4 is 35.1 Å². The maximum absolute atomic E-state index is 12.4. The average molecular weight is 352 g/mol. The second kappa shape index (κ2) is 7.11. The van der Waals surface area contributed by atoms with E-state index in [-0.39, 0.29) is 35.7 Å². The first-order valence-electron chi connectivity index (χ1n) is 8.30. The van der Waals surface area contributed by atoms with Gasteiger partial charge in [-0.15, -0.1) is 12.4 Å². The SMILES string of the molecule is CC(C)(C)c1nc2cc(NC(=O)C3CCCC(N)C3)ccc2o1.Cl. The van der Waals surface area contributed by atoms with Gasteiger partial charge in [0.25, 0.3) is 0 Å². The molecule has 3 rings (SSSR count). The predicted molar refractivity (Wildman–Crippen MR) is 98.5 cm³/mol. The first-order valence-corrected chi connectivity index (χ1v) is 8.30. The van der Waals surface area contributed by atoms with E-state index in [9.17, 15) is 4.79 Å². The first-order chi connectivity index (χ1) is 10.8. The molecule has 0 radical (unpaired) electrons. The van der Waals surface area contributed by atoms with Gasteiger partial charge in [-0.1, -0.05) is 27.2 Å². The van der Waals surface area contributed by atoms with Crippen LogP contribution >= 0.6 is 12.4 Å². The van der Waals surface area contributed by atoms with Gasteiger partial charge < -0.3 is 15.5 Å². The molecule has 5 nitrogen and oxygen atoms in total. The number of halogens is 1. The fourth-order valence-corrected chi connectivity index (χ4v) is 3.04. The number of rotatable bonds is 2. The highest BCUT2D eigenvalue weighted by Gasteiger charge is 2.26. The number of nitrogens with one attached hydrogen (secondary N) is 1. The molecule has 1 aromatic heterocycles. The van der Waals surface area contributed by atoms with Crippen molar-refractivity contribution in [1.82, 2.24) is 4.98 Å². The molecular weight excluding hydrogens is 326 g/mol. The van der Waals surface area contributed by atoms with Crippen molar-refractivity contribution < 1.29 is 9.21 Å². The molecule has 6 heteroatoms. The number of carbonyl (C=O) groups is 1. The second-order valence-electron chi connectivity index (χ2n) is 7.56. The third-order valence-electron chi connectivity index (χ3n) is 4.38. The summed E-state index contributed by atoms with van der Waals surface area (Å²) in [5.41, 5.74) is 8.11. The van der Waals surface area contributed by atoms with Crippen molar-refractivity contribution in [2.24, 2.45) is 11.7 Å². The molecule has 1 amide bonds. The van der Waals surface area contributed by atoms with E-state index in [1.807, 2.05) is 18.2 Å². The van der Waals surface area contributed by atoms with Gasteiger partial charge in [0.15, 0.2) is 5.58 Å². The number of anilines is 1. The number of oxazole rings is 1. The highest BCUT2D eigenvalue weighted by atomic mass is 35.5. The van der Waals surface area contributed by atoms with Crippen molar-refractivity contribution in [1.29, 1.82) is 0 Å². The highest BCUT2D eigenvalue weighted by Crippen LogP contribution is 2.28. The molecule has 1 saturated carbocycles. The summed E-state index contributed by atoms with van der Waals surface area (Å²) in [5, 5.41) is 3.00.